The molecule has 0 saturated carbocycles. The number of anilines is 1. The molecule has 2 aromatic rings. The predicted molar refractivity (Wildman–Crippen MR) is 82.2 cm³/mol. The number of nitrogens with zero attached hydrogens (tertiary/aromatic N) is 2. The van der Waals surface area contributed by atoms with Crippen molar-refractivity contribution >= 4 is 33.1 Å². The number of nitrogens with one attached hydrogen (secondary N) is 1. The van der Waals surface area contributed by atoms with Crippen molar-refractivity contribution in [3.05, 3.63) is 41.2 Å². The van der Waals surface area contributed by atoms with E-state index in [1.165, 1.54) is 17.1 Å². The molecule has 1 heterocycles. The van der Waals surface area contributed by atoms with Crippen LogP contribution in [0.3, 0.4) is 0 Å². The van der Waals surface area contributed by atoms with Crippen LogP contribution in [0.15, 0.2) is 30.6 Å². The van der Waals surface area contributed by atoms with Crippen molar-refractivity contribution in [2.24, 2.45) is 0 Å². The van der Waals surface area contributed by atoms with E-state index in [0.29, 0.717) is 0 Å². The molecule has 0 saturated heterocycles. The summed E-state index contributed by atoms with van der Waals surface area (Å²) in [6.45, 7) is 1.06. The van der Waals surface area contributed by atoms with Gasteiger partial charge in [0.25, 0.3) is 0 Å². The van der Waals surface area contributed by atoms with Gasteiger partial charge in [-0.2, -0.15) is 21.6 Å². The van der Waals surface area contributed by atoms with Crippen molar-refractivity contribution in [2.45, 2.75) is 12.4 Å². The molecule has 134 valence electrons. The Morgan fingerprint density at radius 1 is 1.24 bits per heavy atom. The van der Waals surface area contributed by atoms with Gasteiger partial charge in [-0.1, -0.05) is 11.6 Å². The summed E-state index contributed by atoms with van der Waals surface area (Å²) in [7, 11) is -5.67. The Bertz CT molecular complexity index is 902. The van der Waals surface area contributed by atoms with E-state index < -0.39 is 27.0 Å². The summed E-state index contributed by atoms with van der Waals surface area (Å²) in [5.41, 5.74) is -6.37. The van der Waals surface area contributed by atoms with Gasteiger partial charge in [-0.05, 0) is 25.1 Å². The van der Waals surface area contributed by atoms with Crippen molar-refractivity contribution in [1.29, 1.82) is 0 Å². The summed E-state index contributed by atoms with van der Waals surface area (Å²) in [6.07, 6.45) is 2.50. The molecule has 1 N–H and O–H groups in total. The third-order valence-electron chi connectivity index (χ3n) is 2.73. The first-order valence-electron chi connectivity index (χ1n) is 6.39. The van der Waals surface area contributed by atoms with Gasteiger partial charge in [-0.25, -0.2) is 9.97 Å². The monoisotopic (exact) mass is 395 g/mol. The first-order valence-corrected chi connectivity index (χ1v) is 8.25. The maximum Gasteiger partial charge on any atom is 0.516 e. The van der Waals surface area contributed by atoms with E-state index >= 15 is 0 Å². The summed E-state index contributed by atoms with van der Waals surface area (Å²) < 4.78 is 66.4. The smallest absolute Gasteiger partial charge is 0.424 e. The van der Waals surface area contributed by atoms with Crippen LogP contribution in [0.1, 0.15) is 17.3 Å². The molecule has 0 atom stereocenters. The minimum Gasteiger partial charge on any atom is -0.424 e. The second kappa shape index (κ2) is 6.84. The third kappa shape index (κ3) is 4.57. The van der Waals surface area contributed by atoms with Crippen LogP contribution in [0.4, 0.5) is 18.9 Å². The number of aromatic nitrogens is 2. The molecular formula is C13H9ClF3N3O4S. The Hall–Kier alpha value is -2.40. The minimum atomic E-state index is -5.67. The van der Waals surface area contributed by atoms with Crippen LogP contribution >= 0.6 is 11.6 Å². The zero-order valence-electron chi connectivity index (χ0n) is 12.3. The number of ketones is 1. The van der Waals surface area contributed by atoms with Gasteiger partial charge >= 0.3 is 21.5 Å². The van der Waals surface area contributed by atoms with Crippen LogP contribution < -0.4 is 9.46 Å². The van der Waals surface area contributed by atoms with Gasteiger partial charge in [0, 0.05) is 5.56 Å². The average molecular weight is 396 g/mol. The topological polar surface area (TPSA) is 98.2 Å². The molecule has 1 aromatic heterocycles. The summed E-state index contributed by atoms with van der Waals surface area (Å²) >= 11 is 5.62. The molecule has 0 spiro atoms. The number of carbonyl (C=O) groups is 1. The first kappa shape index (κ1) is 18.9. The summed E-state index contributed by atoms with van der Waals surface area (Å²) in [5, 5.41) is 0.258. The molecule has 0 fully saturated rings. The lowest BCUT2D eigenvalue weighted by atomic mass is 10.1. The lowest BCUT2D eigenvalue weighted by Gasteiger charge is -2.14. The first-order chi connectivity index (χ1) is 11.5. The Morgan fingerprint density at radius 3 is 2.36 bits per heavy atom. The fraction of sp³-hybridized carbons (Fsp3) is 0.154. The van der Waals surface area contributed by atoms with Crippen LogP contribution in [0.5, 0.6) is 11.8 Å². The number of rotatable bonds is 5. The van der Waals surface area contributed by atoms with Gasteiger partial charge < -0.3 is 4.74 Å². The molecule has 0 aliphatic heterocycles. The van der Waals surface area contributed by atoms with Gasteiger partial charge in [0.1, 0.15) is 5.75 Å². The zero-order valence-corrected chi connectivity index (χ0v) is 13.9. The van der Waals surface area contributed by atoms with Crippen molar-refractivity contribution in [2.75, 3.05) is 4.72 Å². The lowest BCUT2D eigenvalue weighted by Crippen LogP contribution is -2.30. The second-order valence-electron chi connectivity index (χ2n) is 4.60. The standard InChI is InChI=1S/C13H9ClF3N3O4S/c1-7(21)10-4-9(24-12-18-5-8(14)6-19-12)2-3-11(10)20-25(22,23)13(15,16)17/h2-6,20H,1H3. The molecule has 0 unspecified atom stereocenters. The number of alkyl halides is 3. The van der Waals surface area contributed by atoms with E-state index in [2.05, 4.69) is 9.97 Å². The molecule has 7 nitrogen and oxygen atoms in total. The second-order valence-corrected chi connectivity index (χ2v) is 6.71. The number of hydrogen-bond donors (Lipinski definition) is 1. The predicted octanol–water partition coefficient (Wildman–Crippen LogP) is 3.39. The van der Waals surface area contributed by atoms with Gasteiger partial charge in [0.2, 0.25) is 0 Å². The van der Waals surface area contributed by atoms with Crippen LogP contribution in [0, 0.1) is 0 Å². The third-order valence-corrected chi connectivity index (χ3v) is 4.02. The van der Waals surface area contributed by atoms with Gasteiger partial charge in [0.05, 0.1) is 23.1 Å². The van der Waals surface area contributed by atoms with Crippen LogP contribution in [-0.4, -0.2) is 29.7 Å². The molecule has 2 rings (SSSR count). The van der Waals surface area contributed by atoms with Crippen molar-refractivity contribution in [1.82, 2.24) is 9.97 Å². The van der Waals surface area contributed by atoms with E-state index in [9.17, 15) is 26.4 Å². The number of carbonyl (C=O) groups excluding carboxylic acids is 1. The highest BCUT2D eigenvalue weighted by molar-refractivity contribution is 7.93. The Kier molecular flexibility index (Phi) is 5.18. The number of sulfonamides is 1. The summed E-state index contributed by atoms with van der Waals surface area (Å²) in [5.74, 6) is -0.662. The molecule has 0 aliphatic rings. The van der Waals surface area contributed by atoms with E-state index in [0.717, 1.165) is 25.1 Å². The molecule has 1 aromatic carbocycles. The molecule has 12 heteroatoms. The summed E-state index contributed by atoms with van der Waals surface area (Å²) in [6, 6.07) is 3.06. The fourth-order valence-corrected chi connectivity index (χ4v) is 2.31. The number of hydrogen-bond acceptors (Lipinski definition) is 6. The van der Waals surface area contributed by atoms with E-state index in [1.54, 1.807) is 0 Å². The van der Waals surface area contributed by atoms with E-state index in [4.69, 9.17) is 16.3 Å². The maximum atomic E-state index is 12.5. The highest BCUT2D eigenvalue weighted by Crippen LogP contribution is 2.30. The maximum absolute atomic E-state index is 12.5. The van der Waals surface area contributed by atoms with Crippen LogP contribution in [0.25, 0.3) is 0 Å². The van der Waals surface area contributed by atoms with Crippen molar-refractivity contribution < 1.29 is 31.1 Å². The Morgan fingerprint density at radius 2 is 1.84 bits per heavy atom. The molecule has 25 heavy (non-hydrogen) atoms. The highest BCUT2D eigenvalue weighted by atomic mass is 35.5. The average Bonchev–Trinajstić information content (AvgIpc) is 2.49. The molecule has 0 aliphatic carbocycles. The number of Topliss-reactive ketones (excluding diaryl/α,β-unsaturated/α-hetero) is 1. The quantitative estimate of drug-likeness (QED) is 0.779. The molecule has 0 bridgehead atoms. The van der Waals surface area contributed by atoms with Crippen molar-refractivity contribution in [3.8, 4) is 11.8 Å². The number of benzene rings is 1. The fourth-order valence-electron chi connectivity index (χ4n) is 1.63. The van der Waals surface area contributed by atoms with Gasteiger partial charge in [-0.15, -0.1) is 0 Å². The highest BCUT2D eigenvalue weighted by Gasteiger charge is 2.46. The Balaban J connectivity index is 2.35. The van der Waals surface area contributed by atoms with Gasteiger partial charge in [0.15, 0.2) is 5.78 Å². The largest absolute Gasteiger partial charge is 0.516 e. The zero-order chi connectivity index (χ0) is 18.8. The van der Waals surface area contributed by atoms with Gasteiger partial charge in [-0.3, -0.25) is 9.52 Å². The molecule has 0 amide bonds. The SMILES string of the molecule is CC(=O)c1cc(Oc2ncc(Cl)cn2)ccc1NS(=O)(=O)C(F)(F)F. The normalized spacial score (nSPS) is 11.9. The van der Waals surface area contributed by atoms with E-state index in [1.807, 2.05) is 0 Å². The number of ether oxygens (including phenoxy) is 1. The van der Waals surface area contributed by atoms with Crippen LogP contribution in [-0.2, 0) is 10.0 Å². The molecule has 0 radical (unpaired) electrons. The lowest BCUT2D eigenvalue weighted by molar-refractivity contribution is -0.0429. The summed E-state index contributed by atoms with van der Waals surface area (Å²) in [4.78, 5) is 19.1. The van der Waals surface area contributed by atoms with Crippen molar-refractivity contribution in [3.63, 3.8) is 0 Å². The number of halogens is 4. The Labute approximate surface area is 144 Å². The molecular weight excluding hydrogens is 387 g/mol. The minimum absolute atomic E-state index is 0.0162. The van der Waals surface area contributed by atoms with E-state index in [-0.39, 0.29) is 22.3 Å². The van der Waals surface area contributed by atoms with Crippen LogP contribution in [0.2, 0.25) is 5.02 Å².